The molecule has 4 N–H and O–H groups in total. The monoisotopic (exact) mass is 774 g/mol. The van der Waals surface area contributed by atoms with Gasteiger partial charge >= 0.3 is 0 Å². The molecule has 2 aromatic heterocycles. The molecule has 0 spiro atoms. The lowest BCUT2D eigenvalue weighted by Gasteiger charge is -2.36. The molecule has 2 amide bonds. The summed E-state index contributed by atoms with van der Waals surface area (Å²) in [5.41, 5.74) is 8.34. The number of hydrogen-bond acceptors (Lipinski definition) is 8. The first kappa shape index (κ1) is 40.0. The summed E-state index contributed by atoms with van der Waals surface area (Å²) in [5, 5.41) is 19.0. The van der Waals surface area contributed by atoms with Crippen molar-refractivity contribution >= 4 is 28.5 Å². The lowest BCUT2D eigenvalue weighted by atomic mass is 9.99. The van der Waals surface area contributed by atoms with Gasteiger partial charge in [-0.1, -0.05) is 31.2 Å². The van der Waals surface area contributed by atoms with Crippen molar-refractivity contribution in [2.45, 2.75) is 98.2 Å². The molecule has 11 nitrogen and oxygen atoms in total. The molecular formula is C45H55FN8O3. The van der Waals surface area contributed by atoms with Crippen LogP contribution in [0.15, 0.2) is 66.9 Å². The van der Waals surface area contributed by atoms with Crippen LogP contribution in [-0.2, 0) is 37.3 Å². The van der Waals surface area contributed by atoms with E-state index >= 15 is 4.39 Å². The third kappa shape index (κ3) is 9.52. The zero-order valence-electron chi connectivity index (χ0n) is 33.8. The molecule has 0 bridgehead atoms. The molecule has 0 radical (unpaired) electrons. The summed E-state index contributed by atoms with van der Waals surface area (Å²) in [6.07, 6.45) is 4.31. The van der Waals surface area contributed by atoms with Crippen LogP contribution in [0.5, 0.6) is 0 Å². The SMILES string of the molecule is CCc1nc2c(cnn2CC)c(NC2CCOCC2)c1CNC(=O)c1cc(C)cc(C(=O)NCc2ccc(F)c(-c3cccc(CN4C[C@@H](C)N[C@@H](C)C4)c3)c2)c1. The van der Waals surface area contributed by atoms with E-state index < -0.39 is 0 Å². The smallest absolute Gasteiger partial charge is 0.251 e. The summed E-state index contributed by atoms with van der Waals surface area (Å²) >= 11 is 0. The fourth-order valence-electron chi connectivity index (χ4n) is 8.27. The molecule has 4 heterocycles. The second kappa shape index (κ2) is 18.0. The molecule has 3 aromatic carbocycles. The minimum Gasteiger partial charge on any atom is -0.381 e. The number of nitrogens with one attached hydrogen (secondary N) is 4. The minimum absolute atomic E-state index is 0.199. The molecule has 2 atom stereocenters. The number of carbonyl (C=O) groups excluding carboxylic acids is 2. The van der Waals surface area contributed by atoms with Gasteiger partial charge in [0.25, 0.3) is 11.8 Å². The Morgan fingerprint density at radius 2 is 1.63 bits per heavy atom. The van der Waals surface area contributed by atoms with Crippen molar-refractivity contribution in [1.82, 2.24) is 35.6 Å². The number of anilines is 1. The minimum atomic E-state index is -0.320. The van der Waals surface area contributed by atoms with Crippen LogP contribution in [0.25, 0.3) is 22.2 Å². The molecule has 2 aliphatic heterocycles. The maximum Gasteiger partial charge on any atom is 0.251 e. The van der Waals surface area contributed by atoms with E-state index in [9.17, 15) is 9.59 Å². The van der Waals surface area contributed by atoms with Gasteiger partial charge in [0.15, 0.2) is 5.65 Å². The Morgan fingerprint density at radius 3 is 2.33 bits per heavy atom. The Kier molecular flexibility index (Phi) is 12.6. The molecule has 57 heavy (non-hydrogen) atoms. The van der Waals surface area contributed by atoms with E-state index in [-0.39, 0.29) is 36.8 Å². The topological polar surface area (TPSA) is 125 Å². The average molecular weight is 775 g/mol. The zero-order valence-corrected chi connectivity index (χ0v) is 33.8. The van der Waals surface area contributed by atoms with E-state index in [2.05, 4.69) is 64.2 Å². The average Bonchev–Trinajstić information content (AvgIpc) is 3.62. The summed E-state index contributed by atoms with van der Waals surface area (Å²) in [5.74, 6) is -0.924. The highest BCUT2D eigenvalue weighted by Gasteiger charge is 2.24. The van der Waals surface area contributed by atoms with Gasteiger partial charge in [0.1, 0.15) is 5.82 Å². The number of halogens is 1. The predicted molar refractivity (Wildman–Crippen MR) is 223 cm³/mol. The van der Waals surface area contributed by atoms with Crippen LogP contribution in [-0.4, -0.2) is 75.9 Å². The Balaban J connectivity index is 1.03. The van der Waals surface area contributed by atoms with Crippen molar-refractivity contribution in [3.63, 3.8) is 0 Å². The number of nitrogens with zero attached hydrogens (tertiary/aromatic N) is 4. The lowest BCUT2D eigenvalue weighted by Crippen LogP contribution is -2.53. The highest BCUT2D eigenvalue weighted by Crippen LogP contribution is 2.32. The van der Waals surface area contributed by atoms with Crippen molar-refractivity contribution in [2.24, 2.45) is 0 Å². The zero-order chi connectivity index (χ0) is 40.1. The highest BCUT2D eigenvalue weighted by atomic mass is 19.1. The van der Waals surface area contributed by atoms with E-state index in [1.54, 1.807) is 30.3 Å². The number of pyridine rings is 1. The third-order valence-electron chi connectivity index (χ3n) is 11.0. The van der Waals surface area contributed by atoms with Crippen LogP contribution in [0.1, 0.15) is 89.2 Å². The Labute approximate surface area is 334 Å². The van der Waals surface area contributed by atoms with Gasteiger partial charge in [0, 0.05) is 98.6 Å². The summed E-state index contributed by atoms with van der Waals surface area (Å²) in [6, 6.07) is 19.2. The van der Waals surface area contributed by atoms with Gasteiger partial charge in [0.2, 0.25) is 0 Å². The number of aryl methyl sites for hydroxylation is 3. The number of benzene rings is 3. The van der Waals surface area contributed by atoms with Crippen molar-refractivity contribution in [3.05, 3.63) is 112 Å². The van der Waals surface area contributed by atoms with Crippen molar-refractivity contribution in [3.8, 4) is 11.1 Å². The van der Waals surface area contributed by atoms with E-state index in [0.29, 0.717) is 55.0 Å². The predicted octanol–water partition coefficient (Wildman–Crippen LogP) is 6.76. The number of hydrogen-bond donors (Lipinski definition) is 4. The number of rotatable bonds is 13. The molecule has 2 saturated heterocycles. The molecule has 2 fully saturated rings. The molecule has 0 aliphatic carbocycles. The fraction of sp³-hybridized carbons (Fsp3) is 0.422. The molecule has 300 valence electrons. The summed E-state index contributed by atoms with van der Waals surface area (Å²) in [7, 11) is 0. The number of piperazine rings is 1. The first-order valence-corrected chi connectivity index (χ1v) is 20.3. The number of aromatic nitrogens is 3. The quantitative estimate of drug-likeness (QED) is 0.104. The van der Waals surface area contributed by atoms with E-state index in [1.807, 2.05) is 36.9 Å². The van der Waals surface area contributed by atoms with Gasteiger partial charge in [-0.25, -0.2) is 14.1 Å². The van der Waals surface area contributed by atoms with Crippen molar-refractivity contribution < 1.29 is 18.7 Å². The van der Waals surface area contributed by atoms with E-state index in [4.69, 9.17) is 9.72 Å². The van der Waals surface area contributed by atoms with E-state index in [1.165, 1.54) is 6.07 Å². The van der Waals surface area contributed by atoms with Crippen LogP contribution in [0, 0.1) is 12.7 Å². The Hall–Kier alpha value is -5.17. The number of fused-ring (bicyclic) bond motifs is 1. The lowest BCUT2D eigenvalue weighted by molar-refractivity contribution is 0.0904. The number of amides is 2. The van der Waals surface area contributed by atoms with Gasteiger partial charge in [0.05, 0.1) is 17.3 Å². The number of carbonyl (C=O) groups is 2. The molecule has 7 rings (SSSR count). The Bertz CT molecular complexity index is 2220. The van der Waals surface area contributed by atoms with Gasteiger partial charge in [-0.05, 0) is 106 Å². The van der Waals surface area contributed by atoms with Crippen LogP contribution in [0.2, 0.25) is 0 Å². The van der Waals surface area contributed by atoms with Gasteiger partial charge < -0.3 is 26.0 Å². The second-order valence-corrected chi connectivity index (χ2v) is 15.6. The van der Waals surface area contributed by atoms with Gasteiger partial charge in [-0.15, -0.1) is 0 Å². The normalized spacial score (nSPS) is 17.8. The van der Waals surface area contributed by atoms with Crippen molar-refractivity contribution in [1.29, 1.82) is 0 Å². The molecular weight excluding hydrogens is 720 g/mol. The largest absolute Gasteiger partial charge is 0.381 e. The van der Waals surface area contributed by atoms with Crippen LogP contribution in [0.4, 0.5) is 10.1 Å². The van der Waals surface area contributed by atoms with E-state index in [0.717, 1.165) is 82.7 Å². The first-order valence-electron chi connectivity index (χ1n) is 20.3. The summed E-state index contributed by atoms with van der Waals surface area (Å²) < 4.78 is 22.7. The summed E-state index contributed by atoms with van der Waals surface area (Å²) in [6.45, 7) is 15.6. The Morgan fingerprint density at radius 1 is 0.912 bits per heavy atom. The number of ether oxygens (including phenoxy) is 1. The molecule has 12 heteroatoms. The highest BCUT2D eigenvalue weighted by molar-refractivity contribution is 6.00. The molecule has 0 unspecified atom stereocenters. The molecule has 0 saturated carbocycles. The fourth-order valence-corrected chi connectivity index (χ4v) is 8.27. The molecule has 2 aliphatic rings. The van der Waals surface area contributed by atoms with Crippen molar-refractivity contribution in [2.75, 3.05) is 31.6 Å². The maximum absolute atomic E-state index is 15.2. The van der Waals surface area contributed by atoms with Gasteiger partial charge in [-0.2, -0.15) is 5.10 Å². The maximum atomic E-state index is 15.2. The first-order chi connectivity index (χ1) is 27.6. The van der Waals surface area contributed by atoms with Crippen LogP contribution >= 0.6 is 0 Å². The molecule has 5 aromatic rings. The second-order valence-electron chi connectivity index (χ2n) is 15.6. The van der Waals surface area contributed by atoms with Crippen LogP contribution in [0.3, 0.4) is 0 Å². The summed E-state index contributed by atoms with van der Waals surface area (Å²) in [4.78, 5) is 34.7. The third-order valence-corrected chi connectivity index (χ3v) is 11.0. The van der Waals surface area contributed by atoms with Crippen LogP contribution < -0.4 is 21.3 Å². The van der Waals surface area contributed by atoms with Gasteiger partial charge in [-0.3, -0.25) is 14.5 Å². The standard InChI is InChI=1S/C45H55FN8O3/c1-6-41-38(42(51-36-13-15-57-16-14-36)39-24-49-54(7-2)43(39)52-41)23-48-45(56)35-18-28(3)17-34(21-35)44(55)47-22-31-11-12-40(46)37(20-31)33-10-8-9-32(19-33)27-53-25-29(4)50-30(5)26-53/h8-12,17-21,24,29-30,36,50H,6-7,13-16,22-23,25-27H2,1-5H3,(H,47,55)(H,48,56)(H,51,52)/t29-,30+.